The van der Waals surface area contributed by atoms with Crippen LogP contribution in [0.2, 0.25) is 0 Å². The summed E-state index contributed by atoms with van der Waals surface area (Å²) in [7, 11) is 1.81. The van der Waals surface area contributed by atoms with Crippen molar-refractivity contribution in [2.75, 3.05) is 13.7 Å². The van der Waals surface area contributed by atoms with E-state index in [9.17, 15) is 0 Å². The summed E-state index contributed by atoms with van der Waals surface area (Å²) < 4.78 is 5.46. The normalized spacial score (nSPS) is 12.6. The van der Waals surface area contributed by atoms with Crippen LogP contribution in [0.15, 0.2) is 30.3 Å². The lowest BCUT2D eigenvalue weighted by Gasteiger charge is -2.14. The van der Waals surface area contributed by atoms with Gasteiger partial charge in [0, 0.05) is 7.11 Å². The van der Waals surface area contributed by atoms with E-state index in [2.05, 4.69) is 30.3 Å². The van der Waals surface area contributed by atoms with Crippen LogP contribution in [0.25, 0.3) is 0 Å². The number of nitrogens with two attached hydrogens (primary N) is 1. The third kappa shape index (κ3) is 6.77. The average molecular weight is 249 g/mol. The standard InChI is InChI=1S/C16H27NO/c1-18-16(13-8-14-17)12-7-3-6-11-15-9-4-2-5-10-15/h2,4-5,9-10,16H,3,6-8,11-14,17H2,1H3. The maximum atomic E-state index is 5.52. The van der Waals surface area contributed by atoms with Crippen molar-refractivity contribution < 1.29 is 4.74 Å². The average Bonchev–Trinajstić information content (AvgIpc) is 2.43. The maximum Gasteiger partial charge on any atom is 0.0571 e. The summed E-state index contributed by atoms with van der Waals surface area (Å²) in [4.78, 5) is 0. The molecule has 0 fully saturated rings. The number of benzene rings is 1. The van der Waals surface area contributed by atoms with E-state index in [0.29, 0.717) is 6.10 Å². The van der Waals surface area contributed by atoms with Crippen molar-refractivity contribution in [3.05, 3.63) is 35.9 Å². The molecule has 0 saturated heterocycles. The van der Waals surface area contributed by atoms with Gasteiger partial charge in [-0.3, -0.25) is 0 Å². The molecule has 0 heterocycles. The first kappa shape index (κ1) is 15.2. The van der Waals surface area contributed by atoms with Crippen molar-refractivity contribution in [2.24, 2.45) is 5.73 Å². The molecule has 2 nitrogen and oxygen atoms in total. The fraction of sp³-hybridized carbons (Fsp3) is 0.625. The van der Waals surface area contributed by atoms with Gasteiger partial charge >= 0.3 is 0 Å². The van der Waals surface area contributed by atoms with E-state index in [-0.39, 0.29) is 0 Å². The molecule has 1 rings (SSSR count). The zero-order chi connectivity index (χ0) is 13.1. The Labute approximate surface area is 112 Å². The van der Waals surface area contributed by atoms with Gasteiger partial charge in [0.2, 0.25) is 0 Å². The highest BCUT2D eigenvalue weighted by Gasteiger charge is 2.05. The Kier molecular flexibility index (Phi) is 8.53. The van der Waals surface area contributed by atoms with Crippen molar-refractivity contribution >= 4 is 0 Å². The second-order valence-corrected chi connectivity index (χ2v) is 4.87. The molecule has 2 N–H and O–H groups in total. The molecule has 0 spiro atoms. The zero-order valence-corrected chi connectivity index (χ0v) is 11.6. The minimum atomic E-state index is 0.408. The van der Waals surface area contributed by atoms with Crippen LogP contribution in [0.1, 0.15) is 44.1 Å². The van der Waals surface area contributed by atoms with Crippen molar-refractivity contribution in [2.45, 2.75) is 51.0 Å². The molecule has 0 bridgehead atoms. The van der Waals surface area contributed by atoms with Gasteiger partial charge in [-0.2, -0.15) is 0 Å². The molecule has 1 aromatic carbocycles. The molecule has 0 aliphatic rings. The Morgan fingerprint density at radius 1 is 1.00 bits per heavy atom. The smallest absolute Gasteiger partial charge is 0.0571 e. The highest BCUT2D eigenvalue weighted by Crippen LogP contribution is 2.13. The zero-order valence-electron chi connectivity index (χ0n) is 11.6. The summed E-state index contributed by atoms with van der Waals surface area (Å²) in [6.45, 7) is 0.772. The van der Waals surface area contributed by atoms with Crippen molar-refractivity contribution in [3.63, 3.8) is 0 Å². The second-order valence-electron chi connectivity index (χ2n) is 4.87. The largest absolute Gasteiger partial charge is 0.381 e. The minimum Gasteiger partial charge on any atom is -0.381 e. The number of aryl methyl sites for hydroxylation is 1. The monoisotopic (exact) mass is 249 g/mol. The van der Waals surface area contributed by atoms with Crippen LogP contribution < -0.4 is 5.73 Å². The molecular formula is C16H27NO. The molecule has 1 aromatic rings. The van der Waals surface area contributed by atoms with E-state index in [4.69, 9.17) is 10.5 Å². The number of ether oxygens (including phenoxy) is 1. The topological polar surface area (TPSA) is 35.2 Å². The molecule has 2 heteroatoms. The summed E-state index contributed by atoms with van der Waals surface area (Å²) in [5, 5.41) is 0. The fourth-order valence-corrected chi connectivity index (χ4v) is 2.25. The number of hydrogen-bond donors (Lipinski definition) is 1. The van der Waals surface area contributed by atoms with Gasteiger partial charge in [-0.05, 0) is 44.2 Å². The molecule has 0 aliphatic carbocycles. The summed E-state index contributed by atoms with van der Waals surface area (Å²) >= 11 is 0. The van der Waals surface area contributed by atoms with Crippen molar-refractivity contribution in [1.29, 1.82) is 0 Å². The van der Waals surface area contributed by atoms with E-state index < -0.39 is 0 Å². The Hall–Kier alpha value is -0.860. The van der Waals surface area contributed by atoms with Gasteiger partial charge < -0.3 is 10.5 Å². The highest BCUT2D eigenvalue weighted by molar-refractivity contribution is 5.14. The lowest BCUT2D eigenvalue weighted by atomic mass is 10.0. The van der Waals surface area contributed by atoms with Crippen LogP contribution in [0.3, 0.4) is 0 Å². The first-order chi connectivity index (χ1) is 8.86. The fourth-order valence-electron chi connectivity index (χ4n) is 2.25. The molecule has 102 valence electrons. The Bertz CT molecular complexity index is 286. The van der Waals surface area contributed by atoms with Gasteiger partial charge in [-0.1, -0.05) is 43.2 Å². The predicted molar refractivity (Wildman–Crippen MR) is 77.7 cm³/mol. The summed E-state index contributed by atoms with van der Waals surface area (Å²) in [6, 6.07) is 10.7. The van der Waals surface area contributed by atoms with Crippen molar-refractivity contribution in [3.8, 4) is 0 Å². The lowest BCUT2D eigenvalue weighted by molar-refractivity contribution is 0.0844. The summed E-state index contributed by atoms with van der Waals surface area (Å²) in [5.41, 5.74) is 6.96. The van der Waals surface area contributed by atoms with E-state index in [1.54, 1.807) is 0 Å². The Morgan fingerprint density at radius 3 is 2.39 bits per heavy atom. The first-order valence-corrected chi connectivity index (χ1v) is 7.13. The van der Waals surface area contributed by atoms with E-state index >= 15 is 0 Å². The number of unbranched alkanes of at least 4 members (excludes halogenated alkanes) is 2. The van der Waals surface area contributed by atoms with Gasteiger partial charge in [-0.15, -0.1) is 0 Å². The third-order valence-electron chi connectivity index (χ3n) is 3.40. The molecular weight excluding hydrogens is 222 g/mol. The Morgan fingerprint density at radius 2 is 1.72 bits per heavy atom. The Balaban J connectivity index is 2.03. The van der Waals surface area contributed by atoms with Gasteiger partial charge in [-0.25, -0.2) is 0 Å². The molecule has 1 unspecified atom stereocenters. The third-order valence-corrected chi connectivity index (χ3v) is 3.40. The van der Waals surface area contributed by atoms with Gasteiger partial charge in [0.05, 0.1) is 6.10 Å². The SMILES string of the molecule is COC(CCCN)CCCCCc1ccccc1. The first-order valence-electron chi connectivity index (χ1n) is 7.13. The molecule has 18 heavy (non-hydrogen) atoms. The predicted octanol–water partition coefficient (Wildman–Crippen LogP) is 3.54. The van der Waals surface area contributed by atoms with Crippen molar-refractivity contribution in [1.82, 2.24) is 0 Å². The van der Waals surface area contributed by atoms with Crippen LogP contribution >= 0.6 is 0 Å². The summed E-state index contributed by atoms with van der Waals surface area (Å²) in [5.74, 6) is 0. The number of hydrogen-bond acceptors (Lipinski definition) is 2. The molecule has 0 amide bonds. The van der Waals surface area contributed by atoms with Crippen LogP contribution in [0.5, 0.6) is 0 Å². The molecule has 0 radical (unpaired) electrons. The van der Waals surface area contributed by atoms with Gasteiger partial charge in [0.1, 0.15) is 0 Å². The van der Waals surface area contributed by atoms with Crippen LogP contribution in [-0.2, 0) is 11.2 Å². The second kappa shape index (κ2) is 10.1. The molecule has 0 saturated carbocycles. The van der Waals surface area contributed by atoms with E-state index in [0.717, 1.165) is 19.4 Å². The number of rotatable bonds is 10. The summed E-state index contributed by atoms with van der Waals surface area (Å²) in [6.07, 6.45) is 8.77. The van der Waals surface area contributed by atoms with Gasteiger partial charge in [0.25, 0.3) is 0 Å². The minimum absolute atomic E-state index is 0.408. The lowest BCUT2D eigenvalue weighted by Crippen LogP contribution is -2.12. The highest BCUT2D eigenvalue weighted by atomic mass is 16.5. The van der Waals surface area contributed by atoms with E-state index in [1.165, 1.54) is 37.7 Å². The molecule has 0 aromatic heterocycles. The number of methoxy groups -OCH3 is 1. The van der Waals surface area contributed by atoms with Crippen LogP contribution in [0.4, 0.5) is 0 Å². The van der Waals surface area contributed by atoms with E-state index in [1.807, 2.05) is 7.11 Å². The van der Waals surface area contributed by atoms with Crippen LogP contribution in [-0.4, -0.2) is 19.8 Å². The maximum absolute atomic E-state index is 5.52. The van der Waals surface area contributed by atoms with Crippen LogP contribution in [0, 0.1) is 0 Å². The quantitative estimate of drug-likeness (QED) is 0.644. The molecule has 1 atom stereocenters. The molecule has 0 aliphatic heterocycles. The van der Waals surface area contributed by atoms with Gasteiger partial charge in [0.15, 0.2) is 0 Å².